The molecule has 0 saturated carbocycles. The van der Waals surface area contributed by atoms with E-state index >= 15 is 0 Å². The number of anilines is 2. The van der Waals surface area contributed by atoms with Crippen LogP contribution in [0.1, 0.15) is 31.2 Å². The molecule has 0 amide bonds. The van der Waals surface area contributed by atoms with Gasteiger partial charge in [0.25, 0.3) is 0 Å². The zero-order valence-corrected chi connectivity index (χ0v) is 16.6. The number of nitrogens with one attached hydrogen (secondary N) is 1. The summed E-state index contributed by atoms with van der Waals surface area (Å²) >= 11 is 0. The van der Waals surface area contributed by atoms with Crippen molar-refractivity contribution in [3.05, 3.63) is 72.1 Å². The van der Waals surface area contributed by atoms with Crippen molar-refractivity contribution >= 4 is 17.2 Å². The Bertz CT molecular complexity index is 1120. The van der Waals surface area contributed by atoms with E-state index in [-0.39, 0.29) is 0 Å². The smallest absolute Gasteiger partial charge is 0.165 e. The van der Waals surface area contributed by atoms with Crippen molar-refractivity contribution < 1.29 is 4.74 Å². The molecule has 0 radical (unpaired) electrons. The molecule has 4 aromatic rings. The second-order valence-corrected chi connectivity index (χ2v) is 7.14. The van der Waals surface area contributed by atoms with Gasteiger partial charge in [-0.1, -0.05) is 50.2 Å². The van der Waals surface area contributed by atoms with Gasteiger partial charge in [0.05, 0.1) is 12.8 Å². The van der Waals surface area contributed by atoms with E-state index in [2.05, 4.69) is 37.4 Å². The topological polar surface area (TPSA) is 51.5 Å². The lowest BCUT2D eigenvalue weighted by atomic mass is 10.1. The normalized spacial score (nSPS) is 11.2. The summed E-state index contributed by atoms with van der Waals surface area (Å²) in [4.78, 5) is 4.94. The van der Waals surface area contributed by atoms with E-state index in [1.54, 1.807) is 7.11 Å². The third-order valence-electron chi connectivity index (χ3n) is 4.78. The first-order valence-electron chi connectivity index (χ1n) is 9.43. The van der Waals surface area contributed by atoms with Crippen LogP contribution in [0, 0.1) is 6.92 Å². The summed E-state index contributed by atoms with van der Waals surface area (Å²) in [6, 6.07) is 20.2. The molecule has 0 unspecified atom stereocenters. The number of hydrogen-bond donors (Lipinski definition) is 1. The van der Waals surface area contributed by atoms with Crippen molar-refractivity contribution in [3.8, 4) is 16.9 Å². The molecule has 0 aliphatic carbocycles. The van der Waals surface area contributed by atoms with Crippen LogP contribution in [0.25, 0.3) is 16.8 Å². The van der Waals surface area contributed by atoms with E-state index in [9.17, 15) is 0 Å². The first-order chi connectivity index (χ1) is 13.6. The summed E-state index contributed by atoms with van der Waals surface area (Å²) in [5, 5.41) is 8.28. The number of ether oxygens (including phenoxy) is 1. The predicted molar refractivity (Wildman–Crippen MR) is 114 cm³/mol. The summed E-state index contributed by atoms with van der Waals surface area (Å²) in [5.41, 5.74) is 5.96. The van der Waals surface area contributed by atoms with Gasteiger partial charge in [0, 0.05) is 29.1 Å². The van der Waals surface area contributed by atoms with Gasteiger partial charge >= 0.3 is 0 Å². The Kier molecular flexibility index (Phi) is 4.74. The predicted octanol–water partition coefficient (Wildman–Crippen LogP) is 5.58. The second kappa shape index (κ2) is 7.35. The van der Waals surface area contributed by atoms with Gasteiger partial charge in [-0.3, -0.25) is 0 Å². The molecule has 0 bridgehead atoms. The Morgan fingerprint density at radius 2 is 1.79 bits per heavy atom. The first-order valence-corrected chi connectivity index (χ1v) is 9.43. The minimum atomic E-state index is 0.301. The number of hydrogen-bond acceptors (Lipinski definition) is 4. The molecule has 2 heterocycles. The molecule has 2 aromatic heterocycles. The van der Waals surface area contributed by atoms with Gasteiger partial charge in [-0.15, -0.1) is 0 Å². The monoisotopic (exact) mass is 372 g/mol. The fraction of sp³-hybridized carbons (Fsp3) is 0.217. The summed E-state index contributed by atoms with van der Waals surface area (Å²) in [7, 11) is 1.67. The Balaban J connectivity index is 1.90. The minimum Gasteiger partial charge on any atom is -0.497 e. The number of nitrogens with zero attached hydrogens (tertiary/aromatic N) is 3. The van der Waals surface area contributed by atoms with E-state index in [4.69, 9.17) is 14.8 Å². The third kappa shape index (κ3) is 3.31. The Hall–Kier alpha value is -3.34. The maximum Gasteiger partial charge on any atom is 0.165 e. The second-order valence-electron chi connectivity index (χ2n) is 7.14. The minimum absolute atomic E-state index is 0.301. The van der Waals surface area contributed by atoms with Crippen LogP contribution in [0.2, 0.25) is 0 Å². The molecule has 0 aliphatic heterocycles. The number of benzene rings is 2. The lowest BCUT2D eigenvalue weighted by molar-refractivity contribution is 0.415. The van der Waals surface area contributed by atoms with Crippen LogP contribution in [-0.4, -0.2) is 21.7 Å². The zero-order chi connectivity index (χ0) is 19.7. The zero-order valence-electron chi connectivity index (χ0n) is 16.6. The van der Waals surface area contributed by atoms with Crippen LogP contribution in [0.4, 0.5) is 11.5 Å². The van der Waals surface area contributed by atoms with Crippen LogP contribution < -0.4 is 10.1 Å². The molecule has 0 aliphatic rings. The highest BCUT2D eigenvalue weighted by molar-refractivity contribution is 5.81. The van der Waals surface area contributed by atoms with E-state index in [1.165, 1.54) is 0 Å². The molecule has 28 heavy (non-hydrogen) atoms. The molecule has 1 N–H and O–H groups in total. The van der Waals surface area contributed by atoms with Gasteiger partial charge in [-0.2, -0.15) is 9.61 Å². The van der Waals surface area contributed by atoms with Crippen LogP contribution in [0.3, 0.4) is 0 Å². The van der Waals surface area contributed by atoms with Gasteiger partial charge < -0.3 is 10.1 Å². The average Bonchev–Trinajstić information content (AvgIpc) is 3.05. The summed E-state index contributed by atoms with van der Waals surface area (Å²) in [6.45, 7) is 6.33. The molecule has 0 spiro atoms. The van der Waals surface area contributed by atoms with E-state index in [1.807, 2.05) is 53.9 Å². The van der Waals surface area contributed by atoms with Gasteiger partial charge in [-0.05, 0) is 30.5 Å². The van der Waals surface area contributed by atoms with Crippen molar-refractivity contribution in [1.29, 1.82) is 0 Å². The quantitative estimate of drug-likeness (QED) is 0.497. The molecule has 4 rings (SSSR count). The molecule has 5 nitrogen and oxygen atoms in total. The van der Waals surface area contributed by atoms with Crippen molar-refractivity contribution in [3.63, 3.8) is 0 Å². The highest BCUT2D eigenvalue weighted by Crippen LogP contribution is 2.31. The van der Waals surface area contributed by atoms with E-state index in [0.29, 0.717) is 5.92 Å². The Morgan fingerprint density at radius 3 is 2.50 bits per heavy atom. The maximum atomic E-state index is 5.35. The van der Waals surface area contributed by atoms with Gasteiger partial charge in [0.2, 0.25) is 0 Å². The standard InChI is InChI=1S/C23H24N4O/c1-15(2)20-14-21(24-18-11-8-12-19(13-18)28-4)27-23(25-20)22(16(3)26-27)17-9-6-5-7-10-17/h5-15,24H,1-4H3. The third-order valence-corrected chi connectivity index (χ3v) is 4.78. The summed E-state index contributed by atoms with van der Waals surface area (Å²) in [5.74, 6) is 1.99. The first kappa shape index (κ1) is 18.0. The average molecular weight is 372 g/mol. The largest absolute Gasteiger partial charge is 0.497 e. The van der Waals surface area contributed by atoms with Crippen molar-refractivity contribution in [2.45, 2.75) is 26.7 Å². The number of methoxy groups -OCH3 is 1. The lowest BCUT2D eigenvalue weighted by Crippen LogP contribution is -2.05. The highest BCUT2D eigenvalue weighted by atomic mass is 16.5. The van der Waals surface area contributed by atoms with Gasteiger partial charge in [-0.25, -0.2) is 4.98 Å². The molecular formula is C23H24N4O. The van der Waals surface area contributed by atoms with Crippen LogP contribution in [0.5, 0.6) is 5.75 Å². The maximum absolute atomic E-state index is 5.35. The van der Waals surface area contributed by atoms with E-state index in [0.717, 1.165) is 45.4 Å². The molecule has 2 aromatic carbocycles. The van der Waals surface area contributed by atoms with Gasteiger partial charge in [0.15, 0.2) is 5.65 Å². The van der Waals surface area contributed by atoms with Crippen LogP contribution in [0.15, 0.2) is 60.7 Å². The van der Waals surface area contributed by atoms with Crippen molar-refractivity contribution in [2.24, 2.45) is 0 Å². The summed E-state index contributed by atoms with van der Waals surface area (Å²) < 4.78 is 7.24. The molecular weight excluding hydrogens is 348 g/mol. The number of aromatic nitrogens is 3. The highest BCUT2D eigenvalue weighted by Gasteiger charge is 2.18. The van der Waals surface area contributed by atoms with Crippen molar-refractivity contribution in [1.82, 2.24) is 14.6 Å². The van der Waals surface area contributed by atoms with Crippen molar-refractivity contribution in [2.75, 3.05) is 12.4 Å². The van der Waals surface area contributed by atoms with Gasteiger partial charge in [0.1, 0.15) is 11.6 Å². The fourth-order valence-electron chi connectivity index (χ4n) is 3.32. The Labute approximate surface area is 165 Å². The van der Waals surface area contributed by atoms with E-state index < -0.39 is 0 Å². The lowest BCUT2D eigenvalue weighted by Gasteiger charge is -2.13. The van der Waals surface area contributed by atoms with Crippen LogP contribution >= 0.6 is 0 Å². The number of rotatable bonds is 5. The van der Waals surface area contributed by atoms with Crippen LogP contribution in [-0.2, 0) is 0 Å². The fourth-order valence-corrected chi connectivity index (χ4v) is 3.32. The summed E-state index contributed by atoms with van der Waals surface area (Å²) in [6.07, 6.45) is 0. The molecule has 0 saturated heterocycles. The molecule has 142 valence electrons. The molecule has 0 atom stereocenters. The SMILES string of the molecule is COc1cccc(Nc2cc(C(C)C)nc3c(-c4ccccc4)c(C)nn23)c1. The number of fused-ring (bicyclic) bond motifs is 1. The molecule has 0 fully saturated rings. The Morgan fingerprint density at radius 1 is 1.00 bits per heavy atom. The number of aryl methyl sites for hydroxylation is 1. The molecule has 5 heteroatoms.